The molecule has 0 spiro atoms. The lowest BCUT2D eigenvalue weighted by Gasteiger charge is -2.11. The molecule has 8 nitrogen and oxygen atoms in total. The number of fused-ring (bicyclic) bond motifs is 1. The first-order chi connectivity index (χ1) is 15.9. The lowest BCUT2D eigenvalue weighted by Crippen LogP contribution is -2.34. The summed E-state index contributed by atoms with van der Waals surface area (Å²) in [6, 6.07) is 11.7. The minimum atomic E-state index is -0.769. The smallest absolute Gasteiger partial charge is 0.349 e. The standard InChI is InChI=1S/C25H25NO7/c1-15-5-3-7-21(16(15)2)31-14-23(27)32-18-9-8-17-11-20(25(29)33-22(17)12-18)24(28)26-13-19-6-4-10-30-19/h3,5,7-9,11-12,19H,4,6,10,13-14H2,1-2H3,(H,26,28). The van der Waals surface area contributed by atoms with E-state index in [0.29, 0.717) is 24.3 Å². The maximum absolute atomic E-state index is 12.4. The molecule has 33 heavy (non-hydrogen) atoms. The van der Waals surface area contributed by atoms with Crippen molar-refractivity contribution in [3.05, 3.63) is 69.6 Å². The lowest BCUT2D eigenvalue weighted by molar-refractivity contribution is -0.136. The third-order valence-corrected chi connectivity index (χ3v) is 5.60. The SMILES string of the molecule is Cc1cccc(OCC(=O)Oc2ccc3cc(C(=O)NCC4CCCO4)c(=O)oc3c2)c1C. The zero-order valence-corrected chi connectivity index (χ0v) is 18.5. The largest absolute Gasteiger partial charge is 0.482 e. The second kappa shape index (κ2) is 9.87. The molecule has 1 N–H and O–H groups in total. The van der Waals surface area contributed by atoms with Crippen LogP contribution in [0.3, 0.4) is 0 Å². The van der Waals surface area contributed by atoms with Crippen LogP contribution in [0.2, 0.25) is 0 Å². The minimum Gasteiger partial charge on any atom is -0.482 e. The van der Waals surface area contributed by atoms with Crippen LogP contribution in [0.5, 0.6) is 11.5 Å². The highest BCUT2D eigenvalue weighted by Gasteiger charge is 2.19. The van der Waals surface area contributed by atoms with Gasteiger partial charge in [0.25, 0.3) is 5.91 Å². The van der Waals surface area contributed by atoms with E-state index in [1.54, 1.807) is 18.2 Å². The first-order valence-electron chi connectivity index (χ1n) is 10.8. The topological polar surface area (TPSA) is 104 Å². The van der Waals surface area contributed by atoms with E-state index < -0.39 is 17.5 Å². The summed E-state index contributed by atoms with van der Waals surface area (Å²) in [7, 11) is 0. The highest BCUT2D eigenvalue weighted by Crippen LogP contribution is 2.22. The zero-order valence-electron chi connectivity index (χ0n) is 18.5. The second-order valence-electron chi connectivity index (χ2n) is 7.95. The average Bonchev–Trinajstić information content (AvgIpc) is 3.31. The van der Waals surface area contributed by atoms with Crippen molar-refractivity contribution in [3.8, 4) is 11.5 Å². The van der Waals surface area contributed by atoms with Gasteiger partial charge in [0.2, 0.25) is 0 Å². The van der Waals surface area contributed by atoms with Crippen LogP contribution in [0, 0.1) is 13.8 Å². The molecule has 0 aliphatic carbocycles. The number of ether oxygens (including phenoxy) is 3. The maximum atomic E-state index is 12.4. The summed E-state index contributed by atoms with van der Waals surface area (Å²) < 4.78 is 21.6. The van der Waals surface area contributed by atoms with Gasteiger partial charge in [-0.3, -0.25) is 4.79 Å². The van der Waals surface area contributed by atoms with E-state index in [-0.39, 0.29) is 29.6 Å². The molecule has 2 aromatic carbocycles. The Morgan fingerprint density at radius 2 is 2.00 bits per heavy atom. The Balaban J connectivity index is 1.40. The normalized spacial score (nSPS) is 15.4. The van der Waals surface area contributed by atoms with Gasteiger partial charge in [-0.1, -0.05) is 12.1 Å². The fraction of sp³-hybridized carbons (Fsp3) is 0.320. The molecule has 2 heterocycles. The fourth-order valence-electron chi connectivity index (χ4n) is 3.60. The number of aryl methyl sites for hydroxylation is 1. The molecule has 1 aromatic heterocycles. The van der Waals surface area contributed by atoms with Crippen LogP contribution in [0.1, 0.15) is 34.3 Å². The molecule has 172 valence electrons. The van der Waals surface area contributed by atoms with Crippen molar-refractivity contribution >= 4 is 22.8 Å². The van der Waals surface area contributed by atoms with Gasteiger partial charge in [-0.25, -0.2) is 9.59 Å². The Bertz CT molecular complexity index is 1240. The van der Waals surface area contributed by atoms with Crippen molar-refractivity contribution in [2.45, 2.75) is 32.8 Å². The highest BCUT2D eigenvalue weighted by atomic mass is 16.6. The molecule has 4 rings (SSSR count). The van der Waals surface area contributed by atoms with Crippen molar-refractivity contribution in [3.63, 3.8) is 0 Å². The maximum Gasteiger partial charge on any atom is 0.349 e. The van der Waals surface area contributed by atoms with Crippen LogP contribution in [0.25, 0.3) is 11.0 Å². The van der Waals surface area contributed by atoms with E-state index in [1.165, 1.54) is 12.1 Å². The van der Waals surface area contributed by atoms with Crippen LogP contribution in [0.15, 0.2) is 51.7 Å². The molecule has 0 radical (unpaired) electrons. The van der Waals surface area contributed by atoms with Gasteiger partial charge in [-0.05, 0) is 62.1 Å². The van der Waals surface area contributed by atoms with E-state index in [9.17, 15) is 14.4 Å². The molecular formula is C25H25NO7. The summed E-state index contributed by atoms with van der Waals surface area (Å²) in [5.41, 5.74) is 1.36. The van der Waals surface area contributed by atoms with Gasteiger partial charge in [0.1, 0.15) is 22.6 Å². The summed E-state index contributed by atoms with van der Waals surface area (Å²) in [4.78, 5) is 36.9. The van der Waals surface area contributed by atoms with Crippen molar-refractivity contribution in [1.82, 2.24) is 5.32 Å². The lowest BCUT2D eigenvalue weighted by atomic mass is 10.1. The van der Waals surface area contributed by atoms with E-state index in [2.05, 4.69) is 5.32 Å². The van der Waals surface area contributed by atoms with E-state index >= 15 is 0 Å². The molecule has 0 bridgehead atoms. The number of esters is 1. The molecular weight excluding hydrogens is 426 g/mol. The number of hydrogen-bond donors (Lipinski definition) is 1. The predicted octanol–water partition coefficient (Wildman–Crippen LogP) is 3.30. The molecule has 0 saturated carbocycles. The van der Waals surface area contributed by atoms with Crippen molar-refractivity contribution < 1.29 is 28.2 Å². The summed E-state index contributed by atoms with van der Waals surface area (Å²) in [6.45, 7) is 4.63. The summed E-state index contributed by atoms with van der Waals surface area (Å²) in [5.74, 6) is -0.291. The monoisotopic (exact) mass is 451 g/mol. The summed E-state index contributed by atoms with van der Waals surface area (Å²) >= 11 is 0. The molecule has 1 unspecified atom stereocenters. The van der Waals surface area contributed by atoms with Gasteiger partial charge in [0.15, 0.2) is 6.61 Å². The number of amides is 1. The Hall–Kier alpha value is -3.65. The molecule has 1 aliphatic heterocycles. The number of nitrogens with one attached hydrogen (secondary N) is 1. The predicted molar refractivity (Wildman–Crippen MR) is 121 cm³/mol. The van der Waals surface area contributed by atoms with Crippen molar-refractivity contribution in [1.29, 1.82) is 0 Å². The Kier molecular flexibility index (Phi) is 6.74. The first kappa shape index (κ1) is 22.5. The summed E-state index contributed by atoms with van der Waals surface area (Å²) in [6.07, 6.45) is 1.81. The van der Waals surface area contributed by atoms with Gasteiger partial charge in [-0.15, -0.1) is 0 Å². The van der Waals surface area contributed by atoms with Crippen LogP contribution < -0.4 is 20.4 Å². The van der Waals surface area contributed by atoms with Crippen molar-refractivity contribution in [2.24, 2.45) is 0 Å². The van der Waals surface area contributed by atoms with Crippen LogP contribution in [-0.4, -0.2) is 37.7 Å². The average molecular weight is 451 g/mol. The fourth-order valence-corrected chi connectivity index (χ4v) is 3.60. The molecule has 8 heteroatoms. The van der Waals surface area contributed by atoms with Crippen LogP contribution in [-0.2, 0) is 9.53 Å². The number of hydrogen-bond acceptors (Lipinski definition) is 7. The second-order valence-corrected chi connectivity index (χ2v) is 7.95. The molecule has 1 aliphatic rings. The summed E-state index contributed by atoms with van der Waals surface area (Å²) in [5, 5.41) is 3.24. The van der Waals surface area contributed by atoms with E-state index in [4.69, 9.17) is 18.6 Å². The molecule has 1 fully saturated rings. The number of carbonyl (C=O) groups excluding carboxylic acids is 2. The first-order valence-corrected chi connectivity index (χ1v) is 10.8. The van der Waals surface area contributed by atoms with Crippen LogP contribution in [0.4, 0.5) is 0 Å². The van der Waals surface area contributed by atoms with Gasteiger partial charge >= 0.3 is 11.6 Å². The zero-order chi connectivity index (χ0) is 23.4. The quantitative estimate of drug-likeness (QED) is 0.334. The number of carbonyl (C=O) groups is 2. The van der Waals surface area contributed by atoms with E-state index in [1.807, 2.05) is 26.0 Å². The molecule has 1 atom stereocenters. The molecule has 1 saturated heterocycles. The van der Waals surface area contributed by atoms with Gasteiger partial charge < -0.3 is 23.9 Å². The molecule has 1 amide bonds. The Labute approximate surface area is 190 Å². The van der Waals surface area contributed by atoms with Crippen LogP contribution >= 0.6 is 0 Å². The third kappa shape index (κ3) is 5.40. The Morgan fingerprint density at radius 1 is 1.15 bits per heavy atom. The number of rotatable bonds is 7. The third-order valence-electron chi connectivity index (χ3n) is 5.60. The van der Waals surface area contributed by atoms with E-state index in [0.717, 1.165) is 24.0 Å². The minimum absolute atomic E-state index is 0.0301. The van der Waals surface area contributed by atoms with Gasteiger partial charge in [-0.2, -0.15) is 0 Å². The van der Waals surface area contributed by atoms with Gasteiger partial charge in [0.05, 0.1) is 6.10 Å². The highest BCUT2D eigenvalue weighted by molar-refractivity contribution is 5.96. The van der Waals surface area contributed by atoms with Crippen molar-refractivity contribution in [2.75, 3.05) is 19.8 Å². The van der Waals surface area contributed by atoms with Gasteiger partial charge in [0, 0.05) is 24.6 Å². The Morgan fingerprint density at radius 3 is 2.79 bits per heavy atom. The number of benzene rings is 2. The molecule has 3 aromatic rings.